The highest BCUT2D eigenvalue weighted by Gasteiger charge is 2.06. The van der Waals surface area contributed by atoms with Gasteiger partial charge in [0.1, 0.15) is 0 Å². The summed E-state index contributed by atoms with van der Waals surface area (Å²) in [4.78, 5) is 0. The fourth-order valence-corrected chi connectivity index (χ4v) is 2.09. The van der Waals surface area contributed by atoms with Crippen LogP contribution in [-0.4, -0.2) is 0 Å². The van der Waals surface area contributed by atoms with E-state index in [4.69, 9.17) is 16.9 Å². The molecular weight excluding hydrogens is 256 g/mol. The van der Waals surface area contributed by atoms with E-state index in [2.05, 4.69) is 18.3 Å². The number of rotatable bonds is 3. The van der Waals surface area contributed by atoms with Crippen molar-refractivity contribution in [1.29, 1.82) is 5.26 Å². The number of nitrogens with one attached hydrogen (secondary N) is 1. The minimum Gasteiger partial charge on any atom is -0.379 e. The Morgan fingerprint density at radius 2 is 1.84 bits per heavy atom. The van der Waals surface area contributed by atoms with Crippen LogP contribution in [-0.2, 0) is 0 Å². The lowest BCUT2D eigenvalue weighted by molar-refractivity contribution is 0.884. The second-order valence-electron chi connectivity index (χ2n) is 4.56. The van der Waals surface area contributed by atoms with Crippen molar-refractivity contribution in [2.45, 2.75) is 19.9 Å². The second-order valence-corrected chi connectivity index (χ2v) is 5.00. The summed E-state index contributed by atoms with van der Waals surface area (Å²) in [7, 11) is 0. The quantitative estimate of drug-likeness (QED) is 0.878. The first-order valence-corrected chi connectivity index (χ1v) is 6.50. The highest BCUT2D eigenvalue weighted by molar-refractivity contribution is 6.30. The lowest BCUT2D eigenvalue weighted by Crippen LogP contribution is -2.06. The predicted molar refractivity (Wildman–Crippen MR) is 79.4 cm³/mol. The zero-order valence-electron chi connectivity index (χ0n) is 10.9. The molecule has 3 heteroatoms. The van der Waals surface area contributed by atoms with Gasteiger partial charge in [0.2, 0.25) is 0 Å². The Bertz CT molecular complexity index is 612. The average Bonchev–Trinajstić information content (AvgIpc) is 2.39. The van der Waals surface area contributed by atoms with Crippen molar-refractivity contribution in [1.82, 2.24) is 0 Å². The predicted octanol–water partition coefficient (Wildman–Crippen LogP) is 4.69. The molecule has 2 aromatic carbocycles. The molecule has 1 atom stereocenters. The van der Waals surface area contributed by atoms with Crippen molar-refractivity contribution in [2.24, 2.45) is 0 Å². The Labute approximate surface area is 118 Å². The van der Waals surface area contributed by atoms with E-state index in [-0.39, 0.29) is 6.04 Å². The molecule has 96 valence electrons. The zero-order chi connectivity index (χ0) is 13.8. The van der Waals surface area contributed by atoms with Crippen LogP contribution in [0.2, 0.25) is 5.02 Å². The van der Waals surface area contributed by atoms with Gasteiger partial charge < -0.3 is 5.32 Å². The van der Waals surface area contributed by atoms with Crippen molar-refractivity contribution in [3.05, 3.63) is 64.2 Å². The number of nitrogens with zero attached hydrogens (tertiary/aromatic N) is 1. The second kappa shape index (κ2) is 5.77. The molecule has 2 aromatic rings. The molecule has 0 spiro atoms. The third kappa shape index (κ3) is 3.27. The first-order valence-electron chi connectivity index (χ1n) is 6.13. The molecule has 0 fully saturated rings. The van der Waals surface area contributed by atoms with Crippen molar-refractivity contribution < 1.29 is 0 Å². The van der Waals surface area contributed by atoms with Crippen LogP contribution in [0.25, 0.3) is 0 Å². The first-order chi connectivity index (χ1) is 9.10. The van der Waals surface area contributed by atoms with Crippen LogP contribution < -0.4 is 5.32 Å². The molecule has 0 radical (unpaired) electrons. The average molecular weight is 271 g/mol. The van der Waals surface area contributed by atoms with Crippen LogP contribution in [0.5, 0.6) is 0 Å². The summed E-state index contributed by atoms with van der Waals surface area (Å²) in [6.45, 7) is 4.04. The van der Waals surface area contributed by atoms with E-state index in [0.717, 1.165) is 16.3 Å². The van der Waals surface area contributed by atoms with Gasteiger partial charge in [0.15, 0.2) is 0 Å². The van der Waals surface area contributed by atoms with Crippen LogP contribution >= 0.6 is 11.6 Å². The van der Waals surface area contributed by atoms with E-state index in [1.165, 1.54) is 5.56 Å². The molecule has 0 amide bonds. The highest BCUT2D eigenvalue weighted by atomic mass is 35.5. The fourth-order valence-electron chi connectivity index (χ4n) is 1.96. The van der Waals surface area contributed by atoms with Gasteiger partial charge in [0, 0.05) is 16.8 Å². The van der Waals surface area contributed by atoms with Gasteiger partial charge in [-0.05, 0) is 55.3 Å². The Hall–Kier alpha value is -1.98. The molecule has 0 saturated carbocycles. The summed E-state index contributed by atoms with van der Waals surface area (Å²) >= 11 is 5.88. The van der Waals surface area contributed by atoms with Gasteiger partial charge in [-0.25, -0.2) is 0 Å². The zero-order valence-corrected chi connectivity index (χ0v) is 11.7. The molecule has 0 saturated heterocycles. The summed E-state index contributed by atoms with van der Waals surface area (Å²) in [6.07, 6.45) is 0. The van der Waals surface area contributed by atoms with Crippen molar-refractivity contribution in [3.63, 3.8) is 0 Å². The van der Waals surface area contributed by atoms with Gasteiger partial charge in [-0.2, -0.15) is 5.26 Å². The van der Waals surface area contributed by atoms with E-state index in [1.54, 1.807) is 0 Å². The van der Waals surface area contributed by atoms with Crippen LogP contribution in [0.3, 0.4) is 0 Å². The lowest BCUT2D eigenvalue weighted by Gasteiger charge is -2.16. The number of benzene rings is 2. The first kappa shape index (κ1) is 13.5. The molecule has 0 aliphatic rings. The van der Waals surface area contributed by atoms with Crippen LogP contribution in [0.4, 0.5) is 5.69 Å². The summed E-state index contributed by atoms with van der Waals surface area (Å²) in [5.41, 5.74) is 3.88. The van der Waals surface area contributed by atoms with Crippen molar-refractivity contribution >= 4 is 17.3 Å². The van der Waals surface area contributed by atoms with Crippen molar-refractivity contribution in [2.75, 3.05) is 5.32 Å². The van der Waals surface area contributed by atoms with E-state index < -0.39 is 0 Å². The number of anilines is 1. The Kier molecular flexibility index (Phi) is 4.09. The Morgan fingerprint density at radius 3 is 2.42 bits per heavy atom. The van der Waals surface area contributed by atoms with Crippen LogP contribution in [0.1, 0.15) is 29.7 Å². The topological polar surface area (TPSA) is 35.8 Å². The monoisotopic (exact) mass is 270 g/mol. The standard InChI is InChI=1S/C16H15ClN2/c1-11-9-16(8-5-14(11)10-18)19-12(2)13-3-6-15(17)7-4-13/h3-9,12,19H,1-2H3. The number of aryl methyl sites for hydroxylation is 1. The van der Waals surface area contributed by atoms with Gasteiger partial charge in [0.25, 0.3) is 0 Å². The molecule has 19 heavy (non-hydrogen) atoms. The molecule has 0 bridgehead atoms. The lowest BCUT2D eigenvalue weighted by atomic mass is 10.1. The van der Waals surface area contributed by atoms with E-state index in [0.29, 0.717) is 5.56 Å². The smallest absolute Gasteiger partial charge is 0.0994 e. The number of nitriles is 1. The molecule has 2 nitrogen and oxygen atoms in total. The van der Waals surface area contributed by atoms with Crippen LogP contribution in [0, 0.1) is 18.3 Å². The summed E-state index contributed by atoms with van der Waals surface area (Å²) in [5.74, 6) is 0. The van der Waals surface area contributed by atoms with Gasteiger partial charge >= 0.3 is 0 Å². The van der Waals surface area contributed by atoms with Gasteiger partial charge in [0.05, 0.1) is 11.6 Å². The summed E-state index contributed by atoms with van der Waals surface area (Å²) in [6, 6.07) is 15.9. The van der Waals surface area contributed by atoms with Gasteiger partial charge in [-0.15, -0.1) is 0 Å². The maximum Gasteiger partial charge on any atom is 0.0994 e. The Morgan fingerprint density at radius 1 is 1.16 bits per heavy atom. The maximum absolute atomic E-state index is 8.91. The highest BCUT2D eigenvalue weighted by Crippen LogP contribution is 2.22. The summed E-state index contributed by atoms with van der Waals surface area (Å²) in [5, 5.41) is 13.1. The minimum atomic E-state index is 0.185. The molecule has 2 rings (SSSR count). The number of hydrogen-bond acceptors (Lipinski definition) is 2. The van der Waals surface area contributed by atoms with E-state index in [1.807, 2.05) is 49.4 Å². The molecule has 0 aliphatic heterocycles. The van der Waals surface area contributed by atoms with Gasteiger partial charge in [-0.3, -0.25) is 0 Å². The third-order valence-electron chi connectivity index (χ3n) is 3.10. The minimum absolute atomic E-state index is 0.185. The molecule has 1 N–H and O–H groups in total. The normalized spacial score (nSPS) is 11.7. The number of halogens is 1. The van der Waals surface area contributed by atoms with E-state index in [9.17, 15) is 0 Å². The van der Waals surface area contributed by atoms with Gasteiger partial charge in [-0.1, -0.05) is 23.7 Å². The maximum atomic E-state index is 8.91. The van der Waals surface area contributed by atoms with E-state index >= 15 is 0 Å². The molecule has 1 unspecified atom stereocenters. The molecule has 0 heterocycles. The molecule has 0 aromatic heterocycles. The largest absolute Gasteiger partial charge is 0.379 e. The molecular formula is C16H15ClN2. The van der Waals surface area contributed by atoms with Crippen LogP contribution in [0.15, 0.2) is 42.5 Å². The summed E-state index contributed by atoms with van der Waals surface area (Å²) < 4.78 is 0. The Balaban J connectivity index is 2.15. The SMILES string of the molecule is Cc1cc(NC(C)c2ccc(Cl)cc2)ccc1C#N. The fraction of sp³-hybridized carbons (Fsp3) is 0.188. The third-order valence-corrected chi connectivity index (χ3v) is 3.35. The number of hydrogen-bond donors (Lipinski definition) is 1. The molecule has 0 aliphatic carbocycles. The van der Waals surface area contributed by atoms with Crippen molar-refractivity contribution in [3.8, 4) is 6.07 Å².